The fraction of sp³-hybridized carbons (Fsp3) is 0.417. The minimum Gasteiger partial charge on any atom is -0.298 e. The van der Waals surface area contributed by atoms with Crippen LogP contribution in [0.5, 0.6) is 0 Å². The predicted octanol–water partition coefficient (Wildman–Crippen LogP) is 3.64. The summed E-state index contributed by atoms with van der Waals surface area (Å²) in [5.41, 5.74) is 0.806. The lowest BCUT2D eigenvalue weighted by Crippen LogP contribution is -1.96. The number of hydrogen-bond donors (Lipinski definition) is 0. The van der Waals surface area contributed by atoms with E-state index in [1.54, 1.807) is 11.8 Å². The average molecular weight is 208 g/mol. The lowest BCUT2D eigenvalue weighted by Gasteiger charge is -2.08. The minimum atomic E-state index is 0.708. The lowest BCUT2D eigenvalue weighted by atomic mass is 10.2. The van der Waals surface area contributed by atoms with Gasteiger partial charge in [-0.05, 0) is 12.0 Å². The molecule has 0 radical (unpaired) electrons. The summed E-state index contributed by atoms with van der Waals surface area (Å²) in [4.78, 5) is 11.8. The van der Waals surface area contributed by atoms with Crippen LogP contribution in [0.2, 0.25) is 0 Å². The molecule has 0 amide bonds. The minimum absolute atomic E-state index is 0.708. The van der Waals surface area contributed by atoms with Crippen LogP contribution in [0.15, 0.2) is 29.2 Å². The summed E-state index contributed by atoms with van der Waals surface area (Å²) in [6.07, 6.45) is 2.12. The molecule has 1 atom stereocenters. The van der Waals surface area contributed by atoms with E-state index in [9.17, 15) is 4.79 Å². The quantitative estimate of drug-likeness (QED) is 0.543. The van der Waals surface area contributed by atoms with Gasteiger partial charge in [-0.25, -0.2) is 0 Å². The Labute approximate surface area is 89.9 Å². The van der Waals surface area contributed by atoms with Crippen LogP contribution in [0.1, 0.15) is 30.6 Å². The highest BCUT2D eigenvalue weighted by Gasteiger charge is 2.03. The normalized spacial score (nSPS) is 12.4. The number of benzene rings is 1. The molecule has 0 saturated carbocycles. The maximum atomic E-state index is 10.7. The highest BCUT2D eigenvalue weighted by atomic mass is 32.2. The van der Waals surface area contributed by atoms with Crippen LogP contribution < -0.4 is 0 Å². The largest absolute Gasteiger partial charge is 0.298 e. The number of thioether (sulfide) groups is 1. The maximum Gasteiger partial charge on any atom is 0.151 e. The molecule has 0 bridgehead atoms. The van der Waals surface area contributed by atoms with Crippen molar-refractivity contribution in [2.24, 2.45) is 5.92 Å². The van der Waals surface area contributed by atoms with Gasteiger partial charge in [-0.1, -0.05) is 38.5 Å². The first-order valence-corrected chi connectivity index (χ1v) is 5.93. The van der Waals surface area contributed by atoms with Crippen molar-refractivity contribution in [2.45, 2.75) is 25.2 Å². The van der Waals surface area contributed by atoms with Crippen molar-refractivity contribution in [2.75, 3.05) is 5.75 Å². The summed E-state index contributed by atoms with van der Waals surface area (Å²) in [6, 6.07) is 7.76. The van der Waals surface area contributed by atoms with Gasteiger partial charge in [-0.2, -0.15) is 0 Å². The highest BCUT2D eigenvalue weighted by Crippen LogP contribution is 2.24. The molecule has 0 saturated heterocycles. The molecule has 0 spiro atoms. The van der Waals surface area contributed by atoms with Crippen LogP contribution in [0.25, 0.3) is 0 Å². The van der Waals surface area contributed by atoms with E-state index in [0.717, 1.165) is 22.5 Å². The molecule has 1 unspecified atom stereocenters. The molecular weight excluding hydrogens is 192 g/mol. The average Bonchev–Trinajstić information content (AvgIpc) is 2.26. The van der Waals surface area contributed by atoms with Crippen LogP contribution in [0.4, 0.5) is 0 Å². The third-order valence-electron chi connectivity index (χ3n) is 2.27. The molecular formula is C12H16OS. The van der Waals surface area contributed by atoms with Crippen LogP contribution in [0.3, 0.4) is 0 Å². The second-order valence-electron chi connectivity index (χ2n) is 3.48. The first-order valence-electron chi connectivity index (χ1n) is 4.95. The van der Waals surface area contributed by atoms with Gasteiger partial charge in [0.05, 0.1) is 0 Å². The van der Waals surface area contributed by atoms with E-state index in [1.807, 2.05) is 24.3 Å². The lowest BCUT2D eigenvalue weighted by molar-refractivity contribution is 0.112. The molecule has 0 aromatic heterocycles. The van der Waals surface area contributed by atoms with Crippen molar-refractivity contribution in [1.82, 2.24) is 0 Å². The molecule has 1 nitrogen and oxygen atoms in total. The molecule has 0 aliphatic heterocycles. The first-order chi connectivity index (χ1) is 6.77. The zero-order valence-electron chi connectivity index (χ0n) is 8.69. The third-order valence-corrected chi connectivity index (χ3v) is 3.68. The van der Waals surface area contributed by atoms with Gasteiger partial charge in [0.1, 0.15) is 0 Å². The summed E-state index contributed by atoms with van der Waals surface area (Å²) >= 11 is 1.77. The molecule has 0 N–H and O–H groups in total. The van der Waals surface area contributed by atoms with Gasteiger partial charge < -0.3 is 0 Å². The Kier molecular flexibility index (Phi) is 4.74. The number of rotatable bonds is 5. The summed E-state index contributed by atoms with van der Waals surface area (Å²) in [6.45, 7) is 4.42. The van der Waals surface area contributed by atoms with Crippen molar-refractivity contribution < 1.29 is 4.79 Å². The summed E-state index contributed by atoms with van der Waals surface area (Å²) in [5, 5.41) is 0. The Morgan fingerprint density at radius 3 is 2.79 bits per heavy atom. The molecule has 14 heavy (non-hydrogen) atoms. The van der Waals surface area contributed by atoms with E-state index in [1.165, 1.54) is 6.42 Å². The fourth-order valence-electron chi connectivity index (χ4n) is 1.06. The molecule has 76 valence electrons. The Balaban J connectivity index is 2.61. The van der Waals surface area contributed by atoms with Crippen molar-refractivity contribution in [1.29, 1.82) is 0 Å². The van der Waals surface area contributed by atoms with Crippen LogP contribution in [0, 0.1) is 5.92 Å². The SMILES string of the molecule is CCC(C)CSc1ccccc1C=O. The molecule has 0 heterocycles. The highest BCUT2D eigenvalue weighted by molar-refractivity contribution is 7.99. The van der Waals surface area contributed by atoms with Crippen LogP contribution in [-0.2, 0) is 0 Å². The van der Waals surface area contributed by atoms with Crippen LogP contribution in [-0.4, -0.2) is 12.0 Å². The van der Waals surface area contributed by atoms with Gasteiger partial charge in [0.15, 0.2) is 6.29 Å². The van der Waals surface area contributed by atoms with Gasteiger partial charge in [0, 0.05) is 16.2 Å². The standard InChI is InChI=1S/C12H16OS/c1-3-10(2)9-14-12-7-5-4-6-11(12)8-13/h4-8,10H,3,9H2,1-2H3. The van der Waals surface area contributed by atoms with E-state index in [4.69, 9.17) is 0 Å². The van der Waals surface area contributed by atoms with Gasteiger partial charge in [0.25, 0.3) is 0 Å². The molecule has 1 aromatic rings. The summed E-state index contributed by atoms with van der Waals surface area (Å²) < 4.78 is 0. The van der Waals surface area contributed by atoms with E-state index >= 15 is 0 Å². The predicted molar refractivity (Wildman–Crippen MR) is 62.0 cm³/mol. The Morgan fingerprint density at radius 1 is 1.43 bits per heavy atom. The Morgan fingerprint density at radius 2 is 2.14 bits per heavy atom. The van der Waals surface area contributed by atoms with E-state index in [0.29, 0.717) is 5.92 Å². The van der Waals surface area contributed by atoms with Crippen molar-refractivity contribution in [3.8, 4) is 0 Å². The summed E-state index contributed by atoms with van der Waals surface area (Å²) in [5.74, 6) is 1.79. The van der Waals surface area contributed by atoms with Crippen molar-refractivity contribution >= 4 is 18.0 Å². The smallest absolute Gasteiger partial charge is 0.151 e. The molecule has 0 aliphatic rings. The van der Waals surface area contributed by atoms with Crippen LogP contribution >= 0.6 is 11.8 Å². The van der Waals surface area contributed by atoms with Crippen molar-refractivity contribution in [3.63, 3.8) is 0 Å². The zero-order chi connectivity index (χ0) is 10.4. The molecule has 1 rings (SSSR count). The van der Waals surface area contributed by atoms with E-state index in [2.05, 4.69) is 13.8 Å². The Bertz CT molecular complexity index is 296. The first kappa shape index (κ1) is 11.3. The van der Waals surface area contributed by atoms with Gasteiger partial charge in [0.2, 0.25) is 0 Å². The van der Waals surface area contributed by atoms with Gasteiger partial charge in [-0.15, -0.1) is 11.8 Å². The maximum absolute atomic E-state index is 10.7. The molecule has 1 aromatic carbocycles. The zero-order valence-corrected chi connectivity index (χ0v) is 9.51. The van der Waals surface area contributed by atoms with Gasteiger partial charge >= 0.3 is 0 Å². The second-order valence-corrected chi connectivity index (χ2v) is 4.54. The molecule has 0 aliphatic carbocycles. The Hall–Kier alpha value is -0.760. The fourth-order valence-corrected chi connectivity index (χ4v) is 2.22. The molecule has 0 fully saturated rings. The number of hydrogen-bond acceptors (Lipinski definition) is 2. The third kappa shape index (κ3) is 3.18. The number of carbonyl (C=O) groups is 1. The summed E-state index contributed by atoms with van der Waals surface area (Å²) in [7, 11) is 0. The monoisotopic (exact) mass is 208 g/mol. The molecule has 2 heteroatoms. The van der Waals surface area contributed by atoms with Crippen molar-refractivity contribution in [3.05, 3.63) is 29.8 Å². The van der Waals surface area contributed by atoms with Gasteiger partial charge in [-0.3, -0.25) is 4.79 Å². The number of carbonyl (C=O) groups excluding carboxylic acids is 1. The second kappa shape index (κ2) is 5.86. The van der Waals surface area contributed by atoms with E-state index in [-0.39, 0.29) is 0 Å². The number of aldehydes is 1. The topological polar surface area (TPSA) is 17.1 Å². The van der Waals surface area contributed by atoms with E-state index < -0.39 is 0 Å².